The largest absolute Gasteiger partial charge is 0.495 e. The number of carbonyl (C=O) groups excluding carboxylic acids is 1. The monoisotopic (exact) mass is 337 g/mol. The van der Waals surface area contributed by atoms with Crippen LogP contribution in [-0.4, -0.2) is 22.8 Å². The maximum Gasteiger partial charge on any atom is 0.274 e. The van der Waals surface area contributed by atoms with E-state index in [4.69, 9.17) is 4.74 Å². The molecule has 0 fully saturated rings. The molecule has 20 heavy (non-hydrogen) atoms. The van der Waals surface area contributed by atoms with Gasteiger partial charge in [0, 0.05) is 11.5 Å². The lowest BCUT2D eigenvalue weighted by Gasteiger charge is -2.10. The standard InChI is InChI=1S/C14H16BrN3O2/c1-4-10-8-12(18(2)17-10)14(19)16-11-7-9(15)5-6-13(11)20-3/h5-8H,4H2,1-3H3,(H,16,19). The van der Waals surface area contributed by atoms with Crippen LogP contribution in [0, 0.1) is 0 Å². The summed E-state index contributed by atoms with van der Waals surface area (Å²) in [5, 5.41) is 7.11. The summed E-state index contributed by atoms with van der Waals surface area (Å²) in [7, 11) is 3.32. The van der Waals surface area contributed by atoms with Crippen LogP contribution in [0.25, 0.3) is 0 Å². The normalized spacial score (nSPS) is 10.4. The molecule has 0 bridgehead atoms. The van der Waals surface area contributed by atoms with Crippen molar-refractivity contribution in [3.8, 4) is 5.75 Å². The number of amides is 1. The molecule has 0 aliphatic carbocycles. The maximum absolute atomic E-state index is 12.3. The van der Waals surface area contributed by atoms with Gasteiger partial charge in [0.2, 0.25) is 0 Å². The summed E-state index contributed by atoms with van der Waals surface area (Å²) in [6, 6.07) is 7.24. The van der Waals surface area contributed by atoms with Gasteiger partial charge >= 0.3 is 0 Å². The van der Waals surface area contributed by atoms with Gasteiger partial charge in [-0.05, 0) is 30.7 Å². The first-order valence-electron chi connectivity index (χ1n) is 6.23. The number of anilines is 1. The predicted octanol–water partition coefficient (Wildman–Crippen LogP) is 3.01. The van der Waals surface area contributed by atoms with Gasteiger partial charge in [0.1, 0.15) is 11.4 Å². The lowest BCUT2D eigenvalue weighted by Crippen LogP contribution is -2.16. The van der Waals surface area contributed by atoms with E-state index in [1.807, 2.05) is 13.0 Å². The van der Waals surface area contributed by atoms with Gasteiger partial charge in [-0.25, -0.2) is 0 Å². The van der Waals surface area contributed by atoms with E-state index in [1.54, 1.807) is 37.0 Å². The zero-order chi connectivity index (χ0) is 14.7. The molecule has 2 rings (SSSR count). The first kappa shape index (κ1) is 14.6. The van der Waals surface area contributed by atoms with Crippen molar-refractivity contribution in [1.82, 2.24) is 9.78 Å². The predicted molar refractivity (Wildman–Crippen MR) is 81.2 cm³/mol. The summed E-state index contributed by atoms with van der Waals surface area (Å²) in [5.41, 5.74) is 2.02. The minimum Gasteiger partial charge on any atom is -0.495 e. The molecule has 0 saturated carbocycles. The molecule has 1 N–H and O–H groups in total. The van der Waals surface area contributed by atoms with Gasteiger partial charge in [-0.3, -0.25) is 9.48 Å². The number of nitrogens with zero attached hydrogens (tertiary/aromatic N) is 2. The van der Waals surface area contributed by atoms with E-state index in [1.165, 1.54) is 0 Å². The SMILES string of the molecule is CCc1cc(C(=O)Nc2cc(Br)ccc2OC)n(C)n1. The molecular formula is C14H16BrN3O2. The fraction of sp³-hybridized carbons (Fsp3) is 0.286. The molecule has 0 unspecified atom stereocenters. The van der Waals surface area contributed by atoms with E-state index in [-0.39, 0.29) is 5.91 Å². The van der Waals surface area contributed by atoms with Gasteiger partial charge in [-0.2, -0.15) is 5.10 Å². The van der Waals surface area contributed by atoms with Gasteiger partial charge in [-0.1, -0.05) is 22.9 Å². The zero-order valence-electron chi connectivity index (χ0n) is 11.6. The Hall–Kier alpha value is -1.82. The molecule has 0 atom stereocenters. The number of nitrogens with one attached hydrogen (secondary N) is 1. The minimum atomic E-state index is -0.212. The number of ether oxygens (including phenoxy) is 1. The van der Waals surface area contributed by atoms with Gasteiger partial charge in [0.25, 0.3) is 5.91 Å². The molecule has 1 aromatic carbocycles. The highest BCUT2D eigenvalue weighted by atomic mass is 79.9. The number of halogens is 1. The molecule has 0 saturated heterocycles. The Kier molecular flexibility index (Phi) is 4.44. The van der Waals surface area contributed by atoms with Gasteiger partial charge < -0.3 is 10.1 Å². The quantitative estimate of drug-likeness (QED) is 0.932. The Morgan fingerprint density at radius 3 is 2.80 bits per heavy atom. The number of rotatable bonds is 4. The van der Waals surface area contributed by atoms with Crippen molar-refractivity contribution in [2.45, 2.75) is 13.3 Å². The van der Waals surface area contributed by atoms with Gasteiger partial charge in [0.15, 0.2) is 0 Å². The van der Waals surface area contributed by atoms with Crippen LogP contribution in [0.15, 0.2) is 28.7 Å². The summed E-state index contributed by atoms with van der Waals surface area (Å²) in [6.07, 6.45) is 0.793. The van der Waals surface area contributed by atoms with E-state index in [9.17, 15) is 4.79 Å². The van der Waals surface area contributed by atoms with Crippen molar-refractivity contribution in [3.63, 3.8) is 0 Å². The van der Waals surface area contributed by atoms with Gasteiger partial charge in [0.05, 0.1) is 18.5 Å². The second kappa shape index (κ2) is 6.09. The molecule has 1 aromatic heterocycles. The maximum atomic E-state index is 12.3. The van der Waals surface area contributed by atoms with Crippen molar-refractivity contribution in [1.29, 1.82) is 0 Å². The zero-order valence-corrected chi connectivity index (χ0v) is 13.2. The van der Waals surface area contributed by atoms with Crippen LogP contribution in [0.1, 0.15) is 23.1 Å². The average molecular weight is 338 g/mol. The van der Waals surface area contributed by atoms with Crippen molar-refractivity contribution in [2.24, 2.45) is 7.05 Å². The van der Waals surface area contributed by atoms with Crippen molar-refractivity contribution >= 4 is 27.5 Å². The van der Waals surface area contributed by atoms with Crippen LogP contribution in [0.4, 0.5) is 5.69 Å². The van der Waals surface area contributed by atoms with Crippen molar-refractivity contribution in [2.75, 3.05) is 12.4 Å². The number of hydrogen-bond donors (Lipinski definition) is 1. The molecule has 1 heterocycles. The lowest BCUT2D eigenvalue weighted by atomic mass is 10.2. The molecule has 0 aliphatic heterocycles. The van der Waals surface area contributed by atoms with E-state index >= 15 is 0 Å². The Morgan fingerprint density at radius 1 is 1.45 bits per heavy atom. The molecule has 1 amide bonds. The molecule has 5 nitrogen and oxygen atoms in total. The number of aryl methyl sites for hydroxylation is 2. The van der Waals surface area contributed by atoms with Gasteiger partial charge in [-0.15, -0.1) is 0 Å². The van der Waals surface area contributed by atoms with E-state index in [2.05, 4.69) is 26.3 Å². The number of benzene rings is 1. The third-order valence-electron chi connectivity index (χ3n) is 2.94. The average Bonchev–Trinajstić information content (AvgIpc) is 2.80. The molecule has 2 aromatic rings. The van der Waals surface area contributed by atoms with E-state index in [0.29, 0.717) is 17.1 Å². The van der Waals surface area contributed by atoms with Crippen LogP contribution < -0.4 is 10.1 Å². The summed E-state index contributed by atoms with van der Waals surface area (Å²) in [4.78, 5) is 12.3. The molecule has 6 heteroatoms. The topological polar surface area (TPSA) is 56.1 Å². The first-order valence-corrected chi connectivity index (χ1v) is 7.02. The molecule has 0 radical (unpaired) electrons. The molecule has 0 aliphatic rings. The summed E-state index contributed by atoms with van der Waals surface area (Å²) < 4.78 is 7.69. The number of aromatic nitrogens is 2. The van der Waals surface area contributed by atoms with Crippen molar-refractivity contribution < 1.29 is 9.53 Å². The summed E-state index contributed by atoms with van der Waals surface area (Å²) >= 11 is 3.38. The van der Waals surface area contributed by atoms with E-state index in [0.717, 1.165) is 16.6 Å². The third-order valence-corrected chi connectivity index (χ3v) is 3.43. The van der Waals surface area contributed by atoms with E-state index < -0.39 is 0 Å². The third kappa shape index (κ3) is 3.01. The smallest absolute Gasteiger partial charge is 0.274 e. The highest BCUT2D eigenvalue weighted by molar-refractivity contribution is 9.10. The fourth-order valence-electron chi connectivity index (χ4n) is 1.88. The summed E-state index contributed by atoms with van der Waals surface area (Å²) in [5.74, 6) is 0.399. The Balaban J connectivity index is 2.27. The Bertz CT molecular complexity index is 637. The number of hydrogen-bond acceptors (Lipinski definition) is 3. The number of carbonyl (C=O) groups is 1. The Labute approximate surface area is 126 Å². The van der Waals surface area contributed by atoms with Crippen LogP contribution in [0.2, 0.25) is 0 Å². The molecule has 106 valence electrons. The summed E-state index contributed by atoms with van der Waals surface area (Å²) in [6.45, 7) is 2.00. The Morgan fingerprint density at radius 2 is 2.20 bits per heavy atom. The molecule has 0 spiro atoms. The minimum absolute atomic E-state index is 0.212. The van der Waals surface area contributed by atoms with Crippen LogP contribution in [0.3, 0.4) is 0 Å². The van der Waals surface area contributed by atoms with Crippen LogP contribution >= 0.6 is 15.9 Å². The lowest BCUT2D eigenvalue weighted by molar-refractivity contribution is 0.101. The fourth-order valence-corrected chi connectivity index (χ4v) is 2.24. The van der Waals surface area contributed by atoms with Crippen molar-refractivity contribution in [3.05, 3.63) is 40.1 Å². The molecular weight excluding hydrogens is 322 g/mol. The number of methoxy groups -OCH3 is 1. The second-order valence-electron chi connectivity index (χ2n) is 4.30. The van der Waals surface area contributed by atoms with Crippen LogP contribution in [0.5, 0.6) is 5.75 Å². The highest BCUT2D eigenvalue weighted by Crippen LogP contribution is 2.28. The first-order chi connectivity index (χ1) is 9.55. The highest BCUT2D eigenvalue weighted by Gasteiger charge is 2.15. The van der Waals surface area contributed by atoms with Crippen LogP contribution in [-0.2, 0) is 13.5 Å². The second-order valence-corrected chi connectivity index (χ2v) is 5.21.